The molecule has 0 aliphatic heterocycles. The number of halogens is 1. The van der Waals surface area contributed by atoms with Crippen LogP contribution in [0, 0.1) is 0 Å². The van der Waals surface area contributed by atoms with Crippen LogP contribution < -0.4 is 5.32 Å². The first kappa shape index (κ1) is 16.9. The van der Waals surface area contributed by atoms with E-state index < -0.39 is 0 Å². The zero-order chi connectivity index (χ0) is 14.9. The summed E-state index contributed by atoms with van der Waals surface area (Å²) in [6.07, 6.45) is 4.99. The Balaban J connectivity index is 1.77. The minimum absolute atomic E-state index is 0.0953. The fourth-order valence-corrected chi connectivity index (χ4v) is 2.56. The van der Waals surface area contributed by atoms with E-state index in [-0.39, 0.29) is 6.10 Å². The van der Waals surface area contributed by atoms with Crippen LogP contribution in [0.2, 0.25) is 0 Å². The third-order valence-electron chi connectivity index (χ3n) is 3.58. The van der Waals surface area contributed by atoms with E-state index in [2.05, 4.69) is 46.4 Å². The molecule has 21 heavy (non-hydrogen) atoms. The monoisotopic (exact) mass is 355 g/mol. The summed E-state index contributed by atoms with van der Waals surface area (Å²) < 4.78 is 12.7. The number of ether oxygens (including phenoxy) is 2. The van der Waals surface area contributed by atoms with Gasteiger partial charge in [0.2, 0.25) is 0 Å². The lowest BCUT2D eigenvalue weighted by molar-refractivity contribution is 0.00343. The predicted molar refractivity (Wildman–Crippen MR) is 89.6 cm³/mol. The fraction of sp³-hybridized carbons (Fsp3) is 0.647. The largest absolute Gasteiger partial charge is 0.379 e. The molecule has 2 rings (SSSR count). The summed E-state index contributed by atoms with van der Waals surface area (Å²) in [6, 6.07) is 9.07. The van der Waals surface area contributed by atoms with Crippen LogP contribution in [0.25, 0.3) is 0 Å². The number of hydrogen-bond acceptors (Lipinski definition) is 3. The van der Waals surface area contributed by atoms with Crippen molar-refractivity contribution in [1.29, 1.82) is 0 Å². The van der Waals surface area contributed by atoms with Gasteiger partial charge in [-0.05, 0) is 37.0 Å². The van der Waals surface area contributed by atoms with E-state index in [4.69, 9.17) is 9.47 Å². The predicted octanol–water partition coefficient (Wildman–Crippen LogP) is 4.08. The Labute approximate surface area is 136 Å². The van der Waals surface area contributed by atoms with Gasteiger partial charge < -0.3 is 14.8 Å². The molecule has 0 bridgehead atoms. The maximum Gasteiger partial charge on any atom is 0.0950 e. The van der Waals surface area contributed by atoms with Crippen molar-refractivity contribution in [3.05, 3.63) is 34.3 Å². The van der Waals surface area contributed by atoms with E-state index in [0.29, 0.717) is 19.3 Å². The van der Waals surface area contributed by atoms with Crippen LogP contribution in [0.4, 0.5) is 0 Å². The Hall–Kier alpha value is -0.420. The molecule has 1 aliphatic carbocycles. The van der Waals surface area contributed by atoms with Crippen molar-refractivity contribution in [2.45, 2.75) is 44.8 Å². The van der Waals surface area contributed by atoms with Gasteiger partial charge in [0, 0.05) is 23.7 Å². The molecule has 1 fully saturated rings. The average molecular weight is 356 g/mol. The highest BCUT2D eigenvalue weighted by Crippen LogP contribution is 2.24. The summed E-state index contributed by atoms with van der Waals surface area (Å²) in [5, 5.41) is 3.55. The van der Waals surface area contributed by atoms with E-state index >= 15 is 0 Å². The number of unbranched alkanes of at least 4 members (excludes halogenated alkanes) is 1. The Morgan fingerprint density at radius 1 is 1.29 bits per heavy atom. The Morgan fingerprint density at radius 2 is 2.14 bits per heavy atom. The number of hydrogen-bond donors (Lipinski definition) is 1. The molecule has 3 nitrogen and oxygen atoms in total. The van der Waals surface area contributed by atoms with Crippen molar-refractivity contribution in [3.63, 3.8) is 0 Å². The Kier molecular flexibility index (Phi) is 7.72. The van der Waals surface area contributed by atoms with Crippen LogP contribution in [0.5, 0.6) is 0 Å². The summed E-state index contributed by atoms with van der Waals surface area (Å²) >= 11 is 3.53. The van der Waals surface area contributed by atoms with E-state index in [9.17, 15) is 0 Å². The topological polar surface area (TPSA) is 30.5 Å². The van der Waals surface area contributed by atoms with Gasteiger partial charge in [0.15, 0.2) is 0 Å². The molecule has 118 valence electrons. The van der Waals surface area contributed by atoms with Crippen molar-refractivity contribution in [2.24, 2.45) is 0 Å². The van der Waals surface area contributed by atoms with Gasteiger partial charge in [0.1, 0.15) is 0 Å². The fourth-order valence-electron chi connectivity index (χ4n) is 2.14. The van der Waals surface area contributed by atoms with E-state index in [1.54, 1.807) is 0 Å². The van der Waals surface area contributed by atoms with Gasteiger partial charge in [-0.3, -0.25) is 0 Å². The van der Waals surface area contributed by atoms with Crippen molar-refractivity contribution in [1.82, 2.24) is 5.32 Å². The standard InChI is InChI=1S/C17H26BrNO2/c1-2-3-9-20-10-11-21-17(13-19-16-7-8-16)14-5-4-6-15(18)12-14/h4-6,12,16-17,19H,2-3,7-11,13H2,1H3. The van der Waals surface area contributed by atoms with Crippen LogP contribution in [0.15, 0.2) is 28.7 Å². The highest BCUT2D eigenvalue weighted by Gasteiger charge is 2.22. The molecule has 0 spiro atoms. The highest BCUT2D eigenvalue weighted by atomic mass is 79.9. The maximum atomic E-state index is 6.03. The van der Waals surface area contributed by atoms with E-state index in [1.165, 1.54) is 24.8 Å². The molecule has 0 heterocycles. The Morgan fingerprint density at radius 3 is 2.86 bits per heavy atom. The summed E-state index contributed by atoms with van der Waals surface area (Å²) in [5.41, 5.74) is 1.21. The van der Waals surface area contributed by atoms with Gasteiger partial charge in [-0.1, -0.05) is 41.4 Å². The van der Waals surface area contributed by atoms with Crippen LogP contribution in [0.3, 0.4) is 0 Å². The van der Waals surface area contributed by atoms with Crippen molar-refractivity contribution >= 4 is 15.9 Å². The molecule has 1 atom stereocenters. The third-order valence-corrected chi connectivity index (χ3v) is 4.07. The molecule has 0 radical (unpaired) electrons. The minimum atomic E-state index is 0.0953. The van der Waals surface area contributed by atoms with Gasteiger partial charge in [0.05, 0.1) is 19.3 Å². The summed E-state index contributed by atoms with van der Waals surface area (Å²) in [4.78, 5) is 0. The van der Waals surface area contributed by atoms with E-state index in [0.717, 1.165) is 24.0 Å². The molecule has 0 saturated heterocycles. The molecule has 1 aromatic rings. The second-order valence-electron chi connectivity index (χ2n) is 5.56. The normalized spacial score (nSPS) is 16.1. The van der Waals surface area contributed by atoms with Gasteiger partial charge in [-0.15, -0.1) is 0 Å². The third kappa shape index (κ3) is 6.92. The quantitative estimate of drug-likeness (QED) is 0.606. The molecule has 0 aromatic heterocycles. The average Bonchev–Trinajstić information content (AvgIpc) is 3.30. The second-order valence-corrected chi connectivity index (χ2v) is 6.48. The zero-order valence-corrected chi connectivity index (χ0v) is 14.4. The summed E-state index contributed by atoms with van der Waals surface area (Å²) in [5.74, 6) is 0. The van der Waals surface area contributed by atoms with Crippen molar-refractivity contribution in [2.75, 3.05) is 26.4 Å². The molecule has 1 aliphatic rings. The molecule has 4 heteroatoms. The first-order valence-corrected chi connectivity index (χ1v) is 8.77. The highest BCUT2D eigenvalue weighted by molar-refractivity contribution is 9.10. The van der Waals surface area contributed by atoms with Gasteiger partial charge in [0.25, 0.3) is 0 Å². The van der Waals surface area contributed by atoms with E-state index in [1.807, 2.05) is 6.07 Å². The smallest absolute Gasteiger partial charge is 0.0950 e. The SMILES string of the molecule is CCCCOCCOC(CNC1CC1)c1cccc(Br)c1. The molecular weight excluding hydrogens is 330 g/mol. The van der Waals surface area contributed by atoms with Crippen molar-refractivity contribution in [3.8, 4) is 0 Å². The Bertz CT molecular complexity index is 410. The maximum absolute atomic E-state index is 6.03. The van der Waals surface area contributed by atoms with Crippen LogP contribution in [-0.2, 0) is 9.47 Å². The lowest BCUT2D eigenvalue weighted by atomic mass is 10.1. The first-order valence-electron chi connectivity index (χ1n) is 7.97. The number of rotatable bonds is 11. The van der Waals surface area contributed by atoms with Gasteiger partial charge in [-0.2, -0.15) is 0 Å². The van der Waals surface area contributed by atoms with Crippen molar-refractivity contribution < 1.29 is 9.47 Å². The first-order chi connectivity index (χ1) is 10.3. The lowest BCUT2D eigenvalue weighted by Crippen LogP contribution is -2.26. The van der Waals surface area contributed by atoms with Crippen LogP contribution >= 0.6 is 15.9 Å². The minimum Gasteiger partial charge on any atom is -0.379 e. The molecular formula is C17H26BrNO2. The summed E-state index contributed by atoms with van der Waals surface area (Å²) in [6.45, 7) is 5.20. The van der Waals surface area contributed by atoms with Crippen LogP contribution in [-0.4, -0.2) is 32.4 Å². The zero-order valence-electron chi connectivity index (χ0n) is 12.8. The molecule has 1 saturated carbocycles. The molecule has 1 aromatic carbocycles. The van der Waals surface area contributed by atoms with Crippen LogP contribution in [0.1, 0.15) is 44.3 Å². The molecule has 0 amide bonds. The lowest BCUT2D eigenvalue weighted by Gasteiger charge is -2.19. The molecule has 1 unspecified atom stereocenters. The van der Waals surface area contributed by atoms with Gasteiger partial charge >= 0.3 is 0 Å². The molecule has 1 N–H and O–H groups in total. The number of benzene rings is 1. The second kappa shape index (κ2) is 9.57. The van der Waals surface area contributed by atoms with Gasteiger partial charge in [-0.25, -0.2) is 0 Å². The number of nitrogens with one attached hydrogen (secondary N) is 1. The summed E-state index contributed by atoms with van der Waals surface area (Å²) in [7, 11) is 0.